The lowest BCUT2D eigenvalue weighted by atomic mass is 10.1. The normalized spacial score (nSPS) is 13.7. The van der Waals surface area contributed by atoms with Gasteiger partial charge in [-0.25, -0.2) is 4.79 Å². The lowest BCUT2D eigenvalue weighted by Gasteiger charge is -2.24. The summed E-state index contributed by atoms with van der Waals surface area (Å²) in [6.07, 6.45) is 0.505. The van der Waals surface area contributed by atoms with Gasteiger partial charge in [0.25, 0.3) is 0 Å². The second-order valence-corrected chi connectivity index (χ2v) is 5.58. The van der Waals surface area contributed by atoms with Crippen LogP contribution in [0, 0.1) is 0 Å². The first-order valence-electron chi connectivity index (χ1n) is 6.12. The molecule has 5 heteroatoms. The van der Waals surface area contributed by atoms with Crippen molar-refractivity contribution in [1.29, 1.82) is 0 Å². The van der Waals surface area contributed by atoms with E-state index in [-0.39, 0.29) is 6.09 Å². The van der Waals surface area contributed by atoms with E-state index < -0.39 is 5.60 Å². The van der Waals surface area contributed by atoms with E-state index in [9.17, 15) is 4.79 Å². The maximum Gasteiger partial charge on any atom is 0.414 e. The van der Waals surface area contributed by atoms with Crippen molar-refractivity contribution in [2.24, 2.45) is 4.99 Å². The quantitative estimate of drug-likeness (QED) is 0.580. The van der Waals surface area contributed by atoms with Gasteiger partial charge in [0, 0.05) is 6.54 Å². The highest BCUT2D eigenvalue weighted by Crippen LogP contribution is 2.32. The first kappa shape index (κ1) is 13.7. The number of nitrogens with zero attached hydrogens (tertiary/aromatic N) is 2. The van der Waals surface area contributed by atoms with Crippen LogP contribution < -0.4 is 4.90 Å². The summed E-state index contributed by atoms with van der Waals surface area (Å²) in [6.45, 7) is 6.20. The first-order valence-corrected chi connectivity index (χ1v) is 6.53. The Labute approximate surface area is 118 Å². The first-order chi connectivity index (χ1) is 8.90. The standard InChI is InChI=1S/C14H16N2O2S/c1-14(2,3)18-13(17)16-7-6-10-4-5-11(15-9-19)8-12(10)16/h4-5,8H,6-7H2,1-3H3. The average molecular weight is 276 g/mol. The van der Waals surface area contributed by atoms with Gasteiger partial charge in [0.15, 0.2) is 0 Å². The molecule has 1 amide bonds. The van der Waals surface area contributed by atoms with Gasteiger partial charge >= 0.3 is 6.09 Å². The van der Waals surface area contributed by atoms with E-state index in [1.807, 2.05) is 39.0 Å². The Balaban J connectivity index is 2.27. The summed E-state index contributed by atoms with van der Waals surface area (Å²) in [6, 6.07) is 5.67. The molecule has 1 aliphatic heterocycles. The monoisotopic (exact) mass is 276 g/mol. The molecule has 2 rings (SSSR count). The molecular weight excluding hydrogens is 260 g/mol. The van der Waals surface area contributed by atoms with Crippen molar-refractivity contribution in [3.05, 3.63) is 23.8 Å². The molecule has 19 heavy (non-hydrogen) atoms. The van der Waals surface area contributed by atoms with Crippen LogP contribution in [0.1, 0.15) is 26.3 Å². The van der Waals surface area contributed by atoms with Crippen LogP contribution in [0.25, 0.3) is 0 Å². The van der Waals surface area contributed by atoms with Crippen LogP contribution in [0.15, 0.2) is 23.2 Å². The number of thiocarbonyl (C=S) groups is 1. The number of hydrogen-bond donors (Lipinski definition) is 0. The maximum absolute atomic E-state index is 12.1. The van der Waals surface area contributed by atoms with Crippen molar-refractivity contribution >= 4 is 34.8 Å². The SMILES string of the molecule is CC(C)(C)OC(=O)N1CCc2ccc(N=C=S)cc21. The molecule has 1 heterocycles. The third-order valence-corrected chi connectivity index (χ3v) is 2.84. The second kappa shape index (κ2) is 5.11. The fourth-order valence-corrected chi connectivity index (χ4v) is 2.10. The fraction of sp³-hybridized carbons (Fsp3) is 0.429. The predicted octanol–water partition coefficient (Wildman–Crippen LogP) is 3.72. The summed E-state index contributed by atoms with van der Waals surface area (Å²) >= 11 is 4.59. The van der Waals surface area contributed by atoms with Gasteiger partial charge < -0.3 is 4.74 Å². The van der Waals surface area contributed by atoms with Crippen LogP contribution in [0.2, 0.25) is 0 Å². The molecule has 0 radical (unpaired) electrons. The number of benzene rings is 1. The average Bonchev–Trinajstić information content (AvgIpc) is 2.70. The van der Waals surface area contributed by atoms with Crippen molar-refractivity contribution in [2.45, 2.75) is 32.8 Å². The molecule has 0 aliphatic carbocycles. The molecule has 1 aromatic carbocycles. The molecule has 1 aromatic rings. The lowest BCUT2D eigenvalue weighted by Crippen LogP contribution is -2.35. The zero-order chi connectivity index (χ0) is 14.0. The van der Waals surface area contributed by atoms with E-state index >= 15 is 0 Å². The van der Waals surface area contributed by atoms with Crippen molar-refractivity contribution in [1.82, 2.24) is 0 Å². The van der Waals surface area contributed by atoms with E-state index in [0.29, 0.717) is 12.2 Å². The Morgan fingerprint density at radius 2 is 2.21 bits per heavy atom. The van der Waals surface area contributed by atoms with Gasteiger partial charge in [-0.15, -0.1) is 0 Å². The minimum atomic E-state index is -0.496. The summed E-state index contributed by atoms with van der Waals surface area (Å²) in [4.78, 5) is 17.7. The van der Waals surface area contributed by atoms with E-state index in [4.69, 9.17) is 4.74 Å². The number of carbonyl (C=O) groups is 1. The molecule has 0 atom stereocenters. The molecule has 0 aromatic heterocycles. The number of amides is 1. The lowest BCUT2D eigenvalue weighted by molar-refractivity contribution is 0.0584. The topological polar surface area (TPSA) is 41.9 Å². The molecule has 0 saturated heterocycles. The van der Waals surface area contributed by atoms with Crippen LogP contribution in [-0.2, 0) is 11.2 Å². The minimum Gasteiger partial charge on any atom is -0.443 e. The fourth-order valence-electron chi connectivity index (χ4n) is 2.00. The van der Waals surface area contributed by atoms with Crippen molar-refractivity contribution in [2.75, 3.05) is 11.4 Å². The summed E-state index contributed by atoms with van der Waals surface area (Å²) in [5, 5.41) is 2.33. The van der Waals surface area contributed by atoms with Gasteiger partial charge in [-0.1, -0.05) is 6.07 Å². The van der Waals surface area contributed by atoms with E-state index in [1.165, 1.54) is 0 Å². The van der Waals surface area contributed by atoms with Crippen LogP contribution in [-0.4, -0.2) is 23.4 Å². The summed E-state index contributed by atoms with van der Waals surface area (Å²) in [5.74, 6) is 0. The Bertz CT molecular complexity index is 557. The molecule has 0 fully saturated rings. The number of fused-ring (bicyclic) bond motifs is 1. The molecule has 0 unspecified atom stereocenters. The number of carbonyl (C=O) groups excluding carboxylic acids is 1. The highest BCUT2D eigenvalue weighted by molar-refractivity contribution is 7.78. The number of anilines is 1. The highest BCUT2D eigenvalue weighted by Gasteiger charge is 2.28. The second-order valence-electron chi connectivity index (χ2n) is 5.40. The Hall–Kier alpha value is -1.71. The molecule has 100 valence electrons. The number of hydrogen-bond acceptors (Lipinski definition) is 4. The van der Waals surface area contributed by atoms with E-state index in [2.05, 4.69) is 22.4 Å². The van der Waals surface area contributed by atoms with Crippen LogP contribution in [0.5, 0.6) is 0 Å². The number of isothiocyanates is 1. The van der Waals surface area contributed by atoms with E-state index in [1.54, 1.807) is 4.90 Å². The van der Waals surface area contributed by atoms with Gasteiger partial charge in [-0.3, -0.25) is 4.90 Å². The van der Waals surface area contributed by atoms with Crippen molar-refractivity contribution in [3.8, 4) is 0 Å². The largest absolute Gasteiger partial charge is 0.443 e. The van der Waals surface area contributed by atoms with Crippen molar-refractivity contribution in [3.63, 3.8) is 0 Å². The van der Waals surface area contributed by atoms with Gasteiger partial charge in [0.2, 0.25) is 0 Å². The van der Waals surface area contributed by atoms with Crippen LogP contribution >= 0.6 is 12.2 Å². The Kier molecular flexibility index (Phi) is 3.69. The Morgan fingerprint density at radius 1 is 1.47 bits per heavy atom. The predicted molar refractivity (Wildman–Crippen MR) is 78.4 cm³/mol. The van der Waals surface area contributed by atoms with Crippen LogP contribution in [0.3, 0.4) is 0 Å². The van der Waals surface area contributed by atoms with Gasteiger partial charge in [-0.2, -0.15) is 4.99 Å². The number of aliphatic imine (C=N–C) groups is 1. The van der Waals surface area contributed by atoms with E-state index in [0.717, 1.165) is 17.7 Å². The summed E-state index contributed by atoms with van der Waals surface area (Å²) < 4.78 is 5.40. The molecule has 0 saturated carbocycles. The minimum absolute atomic E-state index is 0.324. The molecule has 0 N–H and O–H groups in total. The third kappa shape index (κ3) is 3.19. The summed E-state index contributed by atoms with van der Waals surface area (Å²) in [7, 11) is 0. The van der Waals surface area contributed by atoms with Crippen LogP contribution in [0.4, 0.5) is 16.2 Å². The van der Waals surface area contributed by atoms with Crippen molar-refractivity contribution < 1.29 is 9.53 Å². The maximum atomic E-state index is 12.1. The van der Waals surface area contributed by atoms with Gasteiger partial charge in [-0.05, 0) is 57.1 Å². The molecular formula is C14H16N2O2S. The highest BCUT2D eigenvalue weighted by atomic mass is 32.1. The molecule has 0 bridgehead atoms. The number of rotatable bonds is 1. The van der Waals surface area contributed by atoms with Gasteiger partial charge in [0.1, 0.15) is 5.60 Å². The third-order valence-electron chi connectivity index (χ3n) is 2.75. The Morgan fingerprint density at radius 3 is 2.84 bits per heavy atom. The summed E-state index contributed by atoms with van der Waals surface area (Å²) in [5.41, 5.74) is 2.17. The number of ether oxygens (including phenoxy) is 1. The molecule has 0 spiro atoms. The zero-order valence-electron chi connectivity index (χ0n) is 11.3. The van der Waals surface area contributed by atoms with Gasteiger partial charge in [0.05, 0.1) is 16.5 Å². The molecule has 4 nitrogen and oxygen atoms in total. The smallest absolute Gasteiger partial charge is 0.414 e. The zero-order valence-corrected chi connectivity index (χ0v) is 12.1. The molecule has 1 aliphatic rings.